The summed E-state index contributed by atoms with van der Waals surface area (Å²) in [7, 11) is 0. The lowest BCUT2D eigenvalue weighted by atomic mass is 10.2. The van der Waals surface area contributed by atoms with Crippen LogP contribution in [0.3, 0.4) is 0 Å². The number of benzene rings is 1. The Bertz CT molecular complexity index is 1030. The number of furan rings is 1. The van der Waals surface area contributed by atoms with E-state index in [0.29, 0.717) is 17.4 Å². The predicted molar refractivity (Wildman–Crippen MR) is 99.6 cm³/mol. The van der Waals surface area contributed by atoms with Crippen molar-refractivity contribution < 1.29 is 4.42 Å². The molecule has 0 spiro atoms. The highest BCUT2D eigenvalue weighted by atomic mass is 32.1. The van der Waals surface area contributed by atoms with Gasteiger partial charge in [0.2, 0.25) is 0 Å². The summed E-state index contributed by atoms with van der Waals surface area (Å²) in [4.78, 5) is 10.9. The summed E-state index contributed by atoms with van der Waals surface area (Å²) < 4.78 is 5.60. The second-order valence-corrected chi connectivity index (χ2v) is 6.52. The predicted octanol–water partition coefficient (Wildman–Crippen LogP) is 5.01. The third kappa shape index (κ3) is 2.81. The van der Waals surface area contributed by atoms with Gasteiger partial charge in [0.05, 0.1) is 5.39 Å². The molecule has 1 aromatic carbocycles. The Balaban J connectivity index is 1.72. The van der Waals surface area contributed by atoms with Crippen molar-refractivity contribution in [3.63, 3.8) is 0 Å². The fraction of sp³-hybridized carbons (Fsp3) is 0.0526. The first-order chi connectivity index (χ1) is 11.7. The summed E-state index contributed by atoms with van der Waals surface area (Å²) in [6.07, 6.45) is 4.14. The van der Waals surface area contributed by atoms with E-state index in [9.17, 15) is 0 Å². The largest absolute Gasteiger partial charge is 0.458 e. The van der Waals surface area contributed by atoms with Crippen molar-refractivity contribution in [2.75, 3.05) is 5.73 Å². The van der Waals surface area contributed by atoms with Crippen LogP contribution in [0, 0.1) is 6.92 Å². The van der Waals surface area contributed by atoms with Crippen LogP contribution in [-0.4, -0.2) is 9.97 Å². The fourth-order valence-corrected chi connectivity index (χ4v) is 3.39. The van der Waals surface area contributed by atoms with E-state index in [-0.39, 0.29) is 0 Å². The first kappa shape index (κ1) is 14.7. The van der Waals surface area contributed by atoms with Crippen LogP contribution in [0.4, 0.5) is 5.82 Å². The molecular weight excluding hydrogens is 318 g/mol. The van der Waals surface area contributed by atoms with Crippen LogP contribution in [0.25, 0.3) is 34.0 Å². The molecule has 0 bridgehead atoms. The second kappa shape index (κ2) is 5.94. The zero-order chi connectivity index (χ0) is 16.5. The lowest BCUT2D eigenvalue weighted by Gasteiger charge is -1.99. The van der Waals surface area contributed by atoms with Crippen molar-refractivity contribution in [3.8, 4) is 11.6 Å². The minimum Gasteiger partial charge on any atom is -0.458 e. The van der Waals surface area contributed by atoms with E-state index < -0.39 is 0 Å². The Hall–Kier alpha value is -2.92. The topological polar surface area (TPSA) is 64.9 Å². The van der Waals surface area contributed by atoms with E-state index in [1.165, 1.54) is 0 Å². The van der Waals surface area contributed by atoms with E-state index in [2.05, 4.69) is 34.3 Å². The van der Waals surface area contributed by atoms with Gasteiger partial charge in [-0.3, -0.25) is 0 Å². The van der Waals surface area contributed by atoms with Gasteiger partial charge < -0.3 is 10.2 Å². The van der Waals surface area contributed by atoms with Gasteiger partial charge in [-0.1, -0.05) is 36.4 Å². The molecule has 4 nitrogen and oxygen atoms in total. The van der Waals surface area contributed by atoms with E-state index in [1.807, 2.05) is 43.3 Å². The molecule has 5 heteroatoms. The molecular formula is C19H15N3OS. The summed E-state index contributed by atoms with van der Waals surface area (Å²) in [5, 5.41) is 0.875. The van der Waals surface area contributed by atoms with Gasteiger partial charge in [0.25, 0.3) is 0 Å². The number of nitrogen functional groups attached to an aromatic ring is 1. The van der Waals surface area contributed by atoms with E-state index in [0.717, 1.165) is 26.4 Å². The minimum atomic E-state index is 0.472. The number of nitrogens with two attached hydrogens (primary N) is 1. The highest BCUT2D eigenvalue weighted by Gasteiger charge is 2.12. The summed E-state index contributed by atoms with van der Waals surface area (Å²) >= 11 is 1.59. The Morgan fingerprint density at radius 2 is 1.88 bits per heavy atom. The summed E-state index contributed by atoms with van der Waals surface area (Å²) in [5.74, 6) is 2.45. The molecule has 0 radical (unpaired) electrons. The molecule has 2 N–H and O–H groups in total. The van der Waals surface area contributed by atoms with Gasteiger partial charge in [-0.05, 0) is 36.8 Å². The standard InChI is InChI=1S/C19H15N3OS/c1-12-7-10-16(23-12)18-21-17(20)15-11-14(24-19(15)22-18)9-8-13-5-3-2-4-6-13/h2-11H,1H3,(H2,20,21,22)/b9-8+. The normalized spacial score (nSPS) is 11.5. The average molecular weight is 333 g/mol. The first-order valence-corrected chi connectivity index (χ1v) is 8.38. The van der Waals surface area contributed by atoms with E-state index >= 15 is 0 Å². The van der Waals surface area contributed by atoms with Crippen LogP contribution >= 0.6 is 11.3 Å². The maximum Gasteiger partial charge on any atom is 0.199 e. The van der Waals surface area contributed by atoms with Crippen molar-refractivity contribution in [1.29, 1.82) is 0 Å². The van der Waals surface area contributed by atoms with Crippen molar-refractivity contribution >= 4 is 39.5 Å². The van der Waals surface area contributed by atoms with Gasteiger partial charge in [-0.2, -0.15) is 0 Å². The van der Waals surface area contributed by atoms with Gasteiger partial charge in [-0.15, -0.1) is 11.3 Å². The van der Waals surface area contributed by atoms with Crippen LogP contribution in [-0.2, 0) is 0 Å². The maximum absolute atomic E-state index is 6.11. The number of fused-ring (bicyclic) bond motifs is 1. The highest BCUT2D eigenvalue weighted by Crippen LogP contribution is 2.31. The van der Waals surface area contributed by atoms with Gasteiger partial charge in [0.1, 0.15) is 16.4 Å². The van der Waals surface area contributed by atoms with Crippen LogP contribution in [0.2, 0.25) is 0 Å². The molecule has 3 heterocycles. The summed E-state index contributed by atoms with van der Waals surface area (Å²) in [6.45, 7) is 1.89. The van der Waals surface area contributed by atoms with Crippen LogP contribution in [0.15, 0.2) is 52.9 Å². The lowest BCUT2D eigenvalue weighted by Crippen LogP contribution is -1.95. The fourth-order valence-electron chi connectivity index (χ4n) is 2.45. The van der Waals surface area contributed by atoms with E-state index in [1.54, 1.807) is 11.3 Å². The minimum absolute atomic E-state index is 0.472. The first-order valence-electron chi connectivity index (χ1n) is 7.56. The Morgan fingerprint density at radius 1 is 1.04 bits per heavy atom. The molecule has 0 saturated carbocycles. The van der Waals surface area contributed by atoms with Crippen molar-refractivity contribution in [3.05, 3.63) is 64.7 Å². The monoisotopic (exact) mass is 333 g/mol. The number of hydrogen-bond acceptors (Lipinski definition) is 5. The van der Waals surface area contributed by atoms with Crippen molar-refractivity contribution in [1.82, 2.24) is 9.97 Å². The quantitative estimate of drug-likeness (QED) is 0.572. The second-order valence-electron chi connectivity index (χ2n) is 5.45. The average Bonchev–Trinajstić information content (AvgIpc) is 3.20. The Kier molecular flexibility index (Phi) is 3.63. The third-order valence-electron chi connectivity index (χ3n) is 3.64. The molecule has 24 heavy (non-hydrogen) atoms. The molecule has 0 aliphatic carbocycles. The number of aryl methyl sites for hydroxylation is 1. The molecule has 4 rings (SSSR count). The SMILES string of the molecule is Cc1ccc(-c2nc(N)c3cc(/C=C/c4ccccc4)sc3n2)o1. The van der Waals surface area contributed by atoms with Crippen LogP contribution in [0.1, 0.15) is 16.2 Å². The van der Waals surface area contributed by atoms with E-state index in [4.69, 9.17) is 10.2 Å². The molecule has 0 aliphatic heterocycles. The highest BCUT2D eigenvalue weighted by molar-refractivity contribution is 7.19. The smallest absolute Gasteiger partial charge is 0.199 e. The van der Waals surface area contributed by atoms with Crippen LogP contribution < -0.4 is 5.73 Å². The van der Waals surface area contributed by atoms with Gasteiger partial charge in [0, 0.05) is 4.88 Å². The molecule has 118 valence electrons. The molecule has 4 aromatic rings. The molecule has 0 amide bonds. The van der Waals surface area contributed by atoms with Gasteiger partial charge >= 0.3 is 0 Å². The Labute approximate surface area is 143 Å². The summed E-state index contributed by atoms with van der Waals surface area (Å²) in [5.41, 5.74) is 7.27. The number of aromatic nitrogens is 2. The third-order valence-corrected chi connectivity index (χ3v) is 4.64. The van der Waals surface area contributed by atoms with Gasteiger partial charge in [0.15, 0.2) is 11.6 Å². The molecule has 0 aliphatic rings. The summed E-state index contributed by atoms with van der Waals surface area (Å²) in [6, 6.07) is 15.9. The molecule has 0 fully saturated rings. The molecule has 0 unspecified atom stereocenters. The van der Waals surface area contributed by atoms with Crippen LogP contribution in [0.5, 0.6) is 0 Å². The Morgan fingerprint density at radius 3 is 2.62 bits per heavy atom. The lowest BCUT2D eigenvalue weighted by molar-refractivity contribution is 0.544. The number of rotatable bonds is 3. The zero-order valence-electron chi connectivity index (χ0n) is 13.1. The number of hydrogen-bond donors (Lipinski definition) is 1. The van der Waals surface area contributed by atoms with Crippen molar-refractivity contribution in [2.24, 2.45) is 0 Å². The number of nitrogens with zero attached hydrogens (tertiary/aromatic N) is 2. The van der Waals surface area contributed by atoms with Crippen molar-refractivity contribution in [2.45, 2.75) is 6.92 Å². The molecule has 3 aromatic heterocycles. The molecule has 0 atom stereocenters. The molecule has 0 saturated heterocycles. The zero-order valence-corrected chi connectivity index (χ0v) is 13.9. The van der Waals surface area contributed by atoms with Gasteiger partial charge in [-0.25, -0.2) is 9.97 Å². The number of anilines is 1. The maximum atomic E-state index is 6.11. The number of thiophene rings is 1.